The molecule has 0 aliphatic carbocycles. The van der Waals surface area contributed by atoms with E-state index in [2.05, 4.69) is 5.18 Å². The van der Waals surface area contributed by atoms with Gasteiger partial charge in [0.2, 0.25) is 0 Å². The number of hydrogen-bond acceptors (Lipinski definition) is 5. The summed E-state index contributed by atoms with van der Waals surface area (Å²) in [5, 5.41) is 11.6. The standard InChI is InChI=1S/C9H9NO4/c11-4-7-5-13-8-2-1-6(10-12)3-9(8)14-7/h1-3,7,11H,4-5H2. The molecule has 1 heterocycles. The third-order valence-electron chi connectivity index (χ3n) is 1.95. The van der Waals surface area contributed by atoms with E-state index in [0.717, 1.165) is 0 Å². The number of nitrogens with zero attached hydrogens (tertiary/aromatic N) is 1. The van der Waals surface area contributed by atoms with Crippen molar-refractivity contribution in [3.63, 3.8) is 0 Å². The lowest BCUT2D eigenvalue weighted by molar-refractivity contribution is 0.0457. The molecule has 0 radical (unpaired) electrons. The number of nitroso groups, excluding NO2 is 1. The predicted molar refractivity (Wildman–Crippen MR) is 48.9 cm³/mol. The van der Waals surface area contributed by atoms with Crippen LogP contribution in [0.1, 0.15) is 0 Å². The van der Waals surface area contributed by atoms with Crippen LogP contribution in [0.5, 0.6) is 11.5 Å². The molecule has 5 nitrogen and oxygen atoms in total. The largest absolute Gasteiger partial charge is 0.486 e. The van der Waals surface area contributed by atoms with Crippen molar-refractivity contribution in [3.05, 3.63) is 23.1 Å². The van der Waals surface area contributed by atoms with Crippen LogP contribution in [0.4, 0.5) is 5.69 Å². The van der Waals surface area contributed by atoms with Gasteiger partial charge in [0.05, 0.1) is 6.61 Å². The maximum absolute atomic E-state index is 10.2. The third kappa shape index (κ3) is 1.54. The van der Waals surface area contributed by atoms with Crippen LogP contribution in [0.15, 0.2) is 23.4 Å². The van der Waals surface area contributed by atoms with Gasteiger partial charge in [-0.3, -0.25) is 0 Å². The first-order chi connectivity index (χ1) is 6.83. The van der Waals surface area contributed by atoms with Crippen molar-refractivity contribution in [2.45, 2.75) is 6.10 Å². The second kappa shape index (κ2) is 3.63. The first-order valence-electron chi connectivity index (χ1n) is 4.21. The Morgan fingerprint density at radius 1 is 1.50 bits per heavy atom. The average molecular weight is 195 g/mol. The van der Waals surface area contributed by atoms with Crippen LogP contribution in [0.3, 0.4) is 0 Å². The minimum Gasteiger partial charge on any atom is -0.486 e. The molecular formula is C9H9NO4. The second-order valence-electron chi connectivity index (χ2n) is 2.96. The SMILES string of the molecule is O=Nc1ccc2c(c1)OC(CO)CO2. The zero-order valence-corrected chi connectivity index (χ0v) is 7.34. The number of rotatable bonds is 2. The molecule has 0 saturated carbocycles. The molecule has 1 unspecified atom stereocenters. The van der Waals surface area contributed by atoms with Crippen LogP contribution in [0, 0.1) is 4.91 Å². The zero-order chi connectivity index (χ0) is 9.97. The highest BCUT2D eigenvalue weighted by atomic mass is 16.6. The van der Waals surface area contributed by atoms with Crippen molar-refractivity contribution in [1.82, 2.24) is 0 Å². The lowest BCUT2D eigenvalue weighted by Crippen LogP contribution is -2.32. The minimum atomic E-state index is -0.371. The van der Waals surface area contributed by atoms with Crippen molar-refractivity contribution in [2.75, 3.05) is 13.2 Å². The Kier molecular flexibility index (Phi) is 2.32. The molecular weight excluding hydrogens is 186 g/mol. The van der Waals surface area contributed by atoms with E-state index in [1.54, 1.807) is 12.1 Å². The Labute approximate surface area is 80.2 Å². The van der Waals surface area contributed by atoms with Gasteiger partial charge in [0.15, 0.2) is 17.6 Å². The fraction of sp³-hybridized carbons (Fsp3) is 0.333. The van der Waals surface area contributed by atoms with Crippen molar-refractivity contribution in [3.8, 4) is 11.5 Å². The molecule has 1 atom stereocenters. The normalized spacial score (nSPS) is 19.1. The summed E-state index contributed by atoms with van der Waals surface area (Å²) in [5.74, 6) is 1.02. The van der Waals surface area contributed by atoms with Gasteiger partial charge in [0.25, 0.3) is 0 Å². The van der Waals surface area contributed by atoms with Crippen LogP contribution in [-0.2, 0) is 0 Å². The van der Waals surface area contributed by atoms with Gasteiger partial charge < -0.3 is 14.6 Å². The molecule has 0 fully saturated rings. The summed E-state index contributed by atoms with van der Waals surface area (Å²) in [4.78, 5) is 10.2. The van der Waals surface area contributed by atoms with E-state index < -0.39 is 0 Å². The topological polar surface area (TPSA) is 68.1 Å². The summed E-state index contributed by atoms with van der Waals surface area (Å²) in [6.07, 6.45) is -0.371. The highest BCUT2D eigenvalue weighted by Gasteiger charge is 2.20. The Hall–Kier alpha value is -1.62. The number of ether oxygens (including phenoxy) is 2. The van der Waals surface area contributed by atoms with Crippen LogP contribution in [0.25, 0.3) is 0 Å². The quantitative estimate of drug-likeness (QED) is 0.720. The van der Waals surface area contributed by atoms with Crippen LogP contribution < -0.4 is 9.47 Å². The highest BCUT2D eigenvalue weighted by Crippen LogP contribution is 2.34. The Balaban J connectivity index is 2.29. The molecule has 0 aromatic heterocycles. The molecule has 1 aromatic carbocycles. The first kappa shape index (κ1) is 8.96. The van der Waals surface area contributed by atoms with Crippen LogP contribution >= 0.6 is 0 Å². The average Bonchev–Trinajstić information content (AvgIpc) is 2.27. The molecule has 0 bridgehead atoms. The van der Waals surface area contributed by atoms with Crippen molar-refractivity contribution in [1.29, 1.82) is 0 Å². The molecule has 74 valence electrons. The Morgan fingerprint density at radius 2 is 2.36 bits per heavy atom. The molecule has 0 saturated heterocycles. The van der Waals surface area contributed by atoms with Crippen molar-refractivity contribution < 1.29 is 14.6 Å². The predicted octanol–water partition coefficient (Wildman–Crippen LogP) is 1.22. The summed E-state index contributed by atoms with van der Waals surface area (Å²) in [6, 6.07) is 4.66. The third-order valence-corrected chi connectivity index (χ3v) is 1.95. The summed E-state index contributed by atoms with van der Waals surface area (Å²) >= 11 is 0. The maximum Gasteiger partial charge on any atom is 0.164 e. The highest BCUT2D eigenvalue weighted by molar-refractivity contribution is 5.52. The van der Waals surface area contributed by atoms with E-state index in [0.29, 0.717) is 18.1 Å². The van der Waals surface area contributed by atoms with Crippen LogP contribution in [0.2, 0.25) is 0 Å². The Morgan fingerprint density at radius 3 is 3.07 bits per heavy atom. The number of hydrogen-bond donors (Lipinski definition) is 1. The fourth-order valence-corrected chi connectivity index (χ4v) is 1.25. The maximum atomic E-state index is 10.2. The number of benzene rings is 1. The second-order valence-corrected chi connectivity index (χ2v) is 2.96. The summed E-state index contributed by atoms with van der Waals surface area (Å²) in [5.41, 5.74) is 0.283. The molecule has 1 aliphatic rings. The van der Waals surface area contributed by atoms with E-state index in [4.69, 9.17) is 14.6 Å². The molecule has 14 heavy (non-hydrogen) atoms. The van der Waals surface area contributed by atoms with Gasteiger partial charge in [0.1, 0.15) is 12.3 Å². The van der Waals surface area contributed by atoms with Crippen molar-refractivity contribution >= 4 is 5.69 Å². The summed E-state index contributed by atoms with van der Waals surface area (Å²) < 4.78 is 10.6. The lowest BCUT2D eigenvalue weighted by Gasteiger charge is -2.24. The summed E-state index contributed by atoms with van der Waals surface area (Å²) in [7, 11) is 0. The smallest absolute Gasteiger partial charge is 0.164 e. The Bertz CT molecular complexity index is 353. The molecule has 0 spiro atoms. The van der Waals surface area contributed by atoms with Gasteiger partial charge in [-0.05, 0) is 17.3 Å². The molecule has 0 amide bonds. The van der Waals surface area contributed by atoms with Gasteiger partial charge in [0, 0.05) is 6.07 Å². The van der Waals surface area contributed by atoms with E-state index in [9.17, 15) is 4.91 Å². The van der Waals surface area contributed by atoms with E-state index in [-0.39, 0.29) is 18.4 Å². The zero-order valence-electron chi connectivity index (χ0n) is 7.34. The van der Waals surface area contributed by atoms with Crippen LogP contribution in [-0.4, -0.2) is 24.4 Å². The van der Waals surface area contributed by atoms with Crippen molar-refractivity contribution in [2.24, 2.45) is 5.18 Å². The molecule has 1 aromatic rings. The molecule has 1 aliphatic heterocycles. The van der Waals surface area contributed by atoms with Gasteiger partial charge in [-0.15, -0.1) is 4.91 Å². The lowest BCUT2D eigenvalue weighted by atomic mass is 10.2. The van der Waals surface area contributed by atoms with Gasteiger partial charge in [-0.2, -0.15) is 0 Å². The fourth-order valence-electron chi connectivity index (χ4n) is 1.25. The summed E-state index contributed by atoms with van der Waals surface area (Å²) in [6.45, 7) is 0.204. The first-order valence-corrected chi connectivity index (χ1v) is 4.21. The monoisotopic (exact) mass is 195 g/mol. The number of fused-ring (bicyclic) bond motifs is 1. The van der Waals surface area contributed by atoms with Gasteiger partial charge in [-0.25, -0.2) is 0 Å². The van der Waals surface area contributed by atoms with E-state index >= 15 is 0 Å². The number of aliphatic hydroxyl groups excluding tert-OH is 1. The van der Waals surface area contributed by atoms with E-state index in [1.165, 1.54) is 6.07 Å². The molecule has 2 rings (SSSR count). The molecule has 5 heteroatoms. The number of aliphatic hydroxyl groups is 1. The van der Waals surface area contributed by atoms with Gasteiger partial charge >= 0.3 is 0 Å². The minimum absolute atomic E-state index is 0.113. The van der Waals surface area contributed by atoms with Gasteiger partial charge in [-0.1, -0.05) is 0 Å². The molecule has 1 N–H and O–H groups in total. The van der Waals surface area contributed by atoms with E-state index in [1.807, 2.05) is 0 Å².